The molecule has 0 fully saturated rings. The van der Waals surface area contributed by atoms with Gasteiger partial charge in [-0.15, -0.1) is 0 Å². The summed E-state index contributed by atoms with van der Waals surface area (Å²) in [4.78, 5) is 0. The molecule has 0 N–H and O–H groups in total. The van der Waals surface area contributed by atoms with E-state index in [2.05, 4.69) is 177 Å². The Morgan fingerprint density at radius 2 is 0.854 bits per heavy atom. The molecule has 3 heteroatoms. The third-order valence-corrected chi connectivity index (χ3v) is 13.1. The Balaban J connectivity index is 3.15. The maximum atomic E-state index is 7.71. The number of rotatable bonds is 7. The SMILES string of the molecule is CCCCP(OC(=Pc1c(C(C)(C)C)cc(C(C)(C)C)cc1C(C)(C)C)C(C)(C)C)c1c(C(C)(C)C)cc(C(C)(C)C)cc1C(C)(C)C. The monoisotopic (exact) mass is 695 g/mol. The molecule has 0 aliphatic rings. The highest BCUT2D eigenvalue weighted by Gasteiger charge is 2.36. The van der Waals surface area contributed by atoms with Crippen molar-refractivity contribution in [1.29, 1.82) is 0 Å². The summed E-state index contributed by atoms with van der Waals surface area (Å²) in [5.41, 5.74) is 9.87. The summed E-state index contributed by atoms with van der Waals surface area (Å²) < 4.78 is 7.71. The Morgan fingerprint density at radius 3 is 1.12 bits per heavy atom. The van der Waals surface area contributed by atoms with E-state index in [1.165, 1.54) is 57.7 Å². The number of benzene rings is 2. The average Bonchev–Trinajstić information content (AvgIpc) is 2.85. The first-order valence-electron chi connectivity index (χ1n) is 18.6. The fourth-order valence-electron chi connectivity index (χ4n) is 5.85. The van der Waals surface area contributed by atoms with Gasteiger partial charge >= 0.3 is 0 Å². The van der Waals surface area contributed by atoms with Crippen molar-refractivity contribution < 1.29 is 4.52 Å². The molecule has 1 atom stereocenters. The van der Waals surface area contributed by atoms with Crippen LogP contribution in [0.3, 0.4) is 0 Å². The van der Waals surface area contributed by atoms with Gasteiger partial charge in [0.25, 0.3) is 0 Å². The van der Waals surface area contributed by atoms with Gasteiger partial charge in [-0.2, -0.15) is 0 Å². The zero-order valence-electron chi connectivity index (χ0n) is 35.7. The van der Waals surface area contributed by atoms with E-state index >= 15 is 0 Å². The van der Waals surface area contributed by atoms with E-state index in [1.807, 2.05) is 0 Å². The van der Waals surface area contributed by atoms with Gasteiger partial charge < -0.3 is 4.52 Å². The Morgan fingerprint density at radius 1 is 0.521 bits per heavy atom. The van der Waals surface area contributed by atoms with E-state index in [0.717, 1.165) is 19.0 Å². The number of unbranched alkanes of at least 4 members (excludes halogenated alkanes) is 1. The molecule has 2 aromatic carbocycles. The van der Waals surface area contributed by atoms with Crippen molar-refractivity contribution in [3.05, 3.63) is 57.6 Å². The molecule has 48 heavy (non-hydrogen) atoms. The maximum absolute atomic E-state index is 7.71. The van der Waals surface area contributed by atoms with Crippen LogP contribution in [0.2, 0.25) is 0 Å². The van der Waals surface area contributed by atoms with E-state index < -0.39 is 8.15 Å². The lowest BCUT2D eigenvalue weighted by Gasteiger charge is -2.37. The summed E-state index contributed by atoms with van der Waals surface area (Å²) in [5, 5.41) is 2.92. The minimum Gasteiger partial charge on any atom is -0.318 e. The summed E-state index contributed by atoms with van der Waals surface area (Å²) in [6.45, 7) is 52.2. The van der Waals surface area contributed by atoms with Gasteiger partial charge in [-0.25, -0.2) is 0 Å². The first kappa shape index (κ1) is 43.2. The summed E-state index contributed by atoms with van der Waals surface area (Å²) >= 11 is 0. The molecule has 0 aromatic heterocycles. The van der Waals surface area contributed by atoms with Crippen molar-refractivity contribution in [3.8, 4) is 0 Å². The summed E-state index contributed by atoms with van der Waals surface area (Å²) in [5.74, 6) is 0. The molecule has 1 unspecified atom stereocenters. The van der Waals surface area contributed by atoms with Crippen molar-refractivity contribution in [1.82, 2.24) is 0 Å². The van der Waals surface area contributed by atoms with Crippen molar-refractivity contribution in [2.24, 2.45) is 5.41 Å². The molecular weight excluding hydrogens is 618 g/mol. The Labute approximate surface area is 302 Å². The third-order valence-electron chi connectivity index (χ3n) is 9.20. The molecule has 2 rings (SSSR count). The molecule has 0 aliphatic heterocycles. The highest BCUT2D eigenvalue weighted by atomic mass is 31.1. The first-order chi connectivity index (χ1) is 21.2. The standard InChI is InChI=1S/C45H76OP2/c1-23-24-25-48(37-34(43(14,15)16)28-31(40(5,6)7)29-35(37)44(17,18)19)46-38(45(20,21)22)47-36-32(41(8,9)10)26-30(39(2,3)4)27-33(36)42(11,12)13/h26-29H,23-25H2,1-22H3. The molecule has 272 valence electrons. The Hall–Kier alpha value is -1.00. The van der Waals surface area contributed by atoms with Gasteiger partial charge in [-0.1, -0.05) is 183 Å². The van der Waals surface area contributed by atoms with Gasteiger partial charge in [0.15, 0.2) is 0 Å². The topological polar surface area (TPSA) is 9.23 Å². The summed E-state index contributed by atoms with van der Waals surface area (Å²) in [6.07, 6.45) is 3.40. The van der Waals surface area contributed by atoms with Crippen molar-refractivity contribution >= 4 is 32.4 Å². The van der Waals surface area contributed by atoms with Gasteiger partial charge in [0, 0.05) is 16.0 Å². The van der Waals surface area contributed by atoms with E-state index in [9.17, 15) is 0 Å². The van der Waals surface area contributed by atoms with Crippen molar-refractivity contribution in [3.63, 3.8) is 0 Å². The first-order valence-corrected chi connectivity index (χ1v) is 21.0. The summed E-state index contributed by atoms with van der Waals surface area (Å²) in [7, 11) is 0.278. The van der Waals surface area contributed by atoms with E-state index in [0.29, 0.717) is 0 Å². The Bertz CT molecular complexity index is 1370. The van der Waals surface area contributed by atoms with Crippen LogP contribution >= 0.6 is 16.4 Å². The van der Waals surface area contributed by atoms with Crippen LogP contribution in [0.15, 0.2) is 24.3 Å². The minimum absolute atomic E-state index is 0.00112. The van der Waals surface area contributed by atoms with Gasteiger partial charge in [-0.05, 0) is 86.7 Å². The maximum Gasteiger partial charge on any atom is 0.0896 e. The molecule has 0 saturated heterocycles. The highest BCUT2D eigenvalue weighted by Crippen LogP contribution is 2.48. The smallest absolute Gasteiger partial charge is 0.0896 e. The van der Waals surface area contributed by atoms with Gasteiger partial charge in [0.05, 0.1) is 13.6 Å². The van der Waals surface area contributed by atoms with Gasteiger partial charge in [0.1, 0.15) is 0 Å². The van der Waals surface area contributed by atoms with Crippen LogP contribution in [-0.4, -0.2) is 11.6 Å². The molecule has 0 amide bonds. The molecule has 0 heterocycles. The zero-order chi connectivity index (χ0) is 37.6. The van der Waals surface area contributed by atoms with Crippen molar-refractivity contribution in [2.45, 2.75) is 198 Å². The second kappa shape index (κ2) is 14.6. The molecule has 0 bridgehead atoms. The molecular formula is C45H76OP2. The lowest BCUT2D eigenvalue weighted by molar-refractivity contribution is 0.476. The third kappa shape index (κ3) is 11.0. The van der Waals surface area contributed by atoms with E-state index in [-0.39, 0.29) is 37.9 Å². The van der Waals surface area contributed by atoms with Crippen LogP contribution in [0.4, 0.5) is 0 Å². The van der Waals surface area contributed by atoms with Crippen LogP contribution in [0, 0.1) is 5.41 Å². The fraction of sp³-hybridized carbons (Fsp3) is 0.711. The predicted octanol–water partition coefficient (Wildman–Crippen LogP) is 13.8. The quantitative estimate of drug-likeness (QED) is 0.262. The molecule has 0 radical (unpaired) electrons. The Kier molecular flexibility index (Phi) is 13.1. The molecule has 0 aliphatic carbocycles. The van der Waals surface area contributed by atoms with Gasteiger partial charge in [0.2, 0.25) is 0 Å². The van der Waals surface area contributed by atoms with Crippen molar-refractivity contribution in [2.75, 3.05) is 6.16 Å². The lowest BCUT2D eigenvalue weighted by atomic mass is 9.75. The van der Waals surface area contributed by atoms with Crippen LogP contribution in [0.1, 0.15) is 199 Å². The molecule has 1 nitrogen and oxygen atoms in total. The van der Waals surface area contributed by atoms with E-state index in [1.54, 1.807) is 0 Å². The average molecular weight is 695 g/mol. The molecule has 0 saturated carbocycles. The lowest BCUT2D eigenvalue weighted by Crippen LogP contribution is -2.34. The second-order valence-electron chi connectivity index (χ2n) is 21.6. The van der Waals surface area contributed by atoms with Crippen LogP contribution in [-0.2, 0) is 37.0 Å². The number of hydrogen-bond donors (Lipinski definition) is 0. The normalized spacial score (nSPS) is 15.2. The fourth-order valence-corrected chi connectivity index (χ4v) is 10.7. The zero-order valence-corrected chi connectivity index (χ0v) is 37.5. The van der Waals surface area contributed by atoms with E-state index in [4.69, 9.17) is 4.52 Å². The molecule has 0 spiro atoms. The number of hydrogen-bond acceptors (Lipinski definition) is 1. The minimum atomic E-state index is -0.924. The van der Waals surface area contributed by atoms with Gasteiger partial charge in [-0.3, -0.25) is 0 Å². The summed E-state index contributed by atoms with van der Waals surface area (Å²) in [6, 6.07) is 10.1. The predicted molar refractivity (Wildman–Crippen MR) is 224 cm³/mol. The molecule has 2 aromatic rings. The van der Waals surface area contributed by atoms with Crippen LogP contribution < -0.4 is 10.6 Å². The van der Waals surface area contributed by atoms with Crippen LogP contribution in [0.5, 0.6) is 0 Å². The highest BCUT2D eigenvalue weighted by molar-refractivity contribution is 7.62. The largest absolute Gasteiger partial charge is 0.318 e. The second-order valence-corrected chi connectivity index (χ2v) is 24.5. The van der Waals surface area contributed by atoms with Crippen LogP contribution in [0.25, 0.3) is 0 Å².